The summed E-state index contributed by atoms with van der Waals surface area (Å²) in [6.07, 6.45) is 0.210. The molecule has 0 saturated heterocycles. The predicted molar refractivity (Wildman–Crippen MR) is 139 cm³/mol. The predicted octanol–water partition coefficient (Wildman–Crippen LogP) is 3.68. The molecule has 0 radical (unpaired) electrons. The first-order valence-electron chi connectivity index (χ1n) is 10.7. The minimum atomic E-state index is -0.244. The van der Waals surface area contributed by atoms with Gasteiger partial charge in [-0.1, -0.05) is 52.9 Å². The Morgan fingerprint density at radius 1 is 1.08 bits per heavy atom. The molecule has 10 nitrogen and oxygen atoms in total. The Balaban J connectivity index is 1.45. The molecule has 186 valence electrons. The van der Waals surface area contributed by atoms with Crippen LogP contribution in [0.15, 0.2) is 53.7 Å². The quantitative estimate of drug-likeness (QED) is 0.290. The molecule has 0 aliphatic heterocycles. The highest BCUT2D eigenvalue weighted by Crippen LogP contribution is 2.24. The number of benzene rings is 2. The Kier molecular flexibility index (Phi) is 8.52. The first-order chi connectivity index (χ1) is 17.4. The van der Waals surface area contributed by atoms with Crippen molar-refractivity contribution in [3.05, 3.63) is 69.9 Å². The average molecular weight is 544 g/mol. The molecule has 36 heavy (non-hydrogen) atoms. The highest BCUT2D eigenvalue weighted by Gasteiger charge is 2.17. The maximum Gasteiger partial charge on any atom is 0.236 e. The molecule has 2 heterocycles. The van der Waals surface area contributed by atoms with Crippen LogP contribution in [0.3, 0.4) is 0 Å². The van der Waals surface area contributed by atoms with Gasteiger partial charge in [-0.15, -0.1) is 20.4 Å². The van der Waals surface area contributed by atoms with Crippen LogP contribution < -0.4 is 15.4 Å². The van der Waals surface area contributed by atoms with E-state index in [0.29, 0.717) is 21.1 Å². The average Bonchev–Trinajstić information content (AvgIpc) is 3.47. The Morgan fingerprint density at radius 3 is 2.58 bits per heavy atom. The summed E-state index contributed by atoms with van der Waals surface area (Å²) in [5.74, 6) is 0.906. The number of thioether (sulfide) groups is 1. The largest absolute Gasteiger partial charge is 0.497 e. The molecule has 13 heteroatoms. The minimum absolute atomic E-state index is 0.0845. The lowest BCUT2D eigenvalue weighted by molar-refractivity contribution is -0.120. The van der Waals surface area contributed by atoms with Crippen LogP contribution in [-0.4, -0.2) is 49.6 Å². The van der Waals surface area contributed by atoms with E-state index in [1.165, 1.54) is 23.1 Å². The summed E-state index contributed by atoms with van der Waals surface area (Å²) in [6.45, 7) is 1.96. The number of rotatable bonds is 10. The molecule has 0 unspecified atom stereocenters. The van der Waals surface area contributed by atoms with Crippen molar-refractivity contribution in [1.82, 2.24) is 30.3 Å². The van der Waals surface area contributed by atoms with Crippen LogP contribution in [0.1, 0.15) is 16.4 Å². The van der Waals surface area contributed by atoms with Crippen molar-refractivity contribution in [2.24, 2.45) is 0 Å². The van der Waals surface area contributed by atoms with E-state index < -0.39 is 0 Å². The second-order valence-electron chi connectivity index (χ2n) is 7.48. The fraction of sp³-hybridized carbons (Fsp3) is 0.217. The van der Waals surface area contributed by atoms with Crippen molar-refractivity contribution in [3.63, 3.8) is 0 Å². The topological polar surface area (TPSA) is 124 Å². The van der Waals surface area contributed by atoms with E-state index >= 15 is 0 Å². The van der Waals surface area contributed by atoms with Crippen molar-refractivity contribution >= 4 is 51.6 Å². The van der Waals surface area contributed by atoms with Crippen LogP contribution in [0.4, 0.5) is 5.13 Å². The van der Waals surface area contributed by atoms with E-state index in [1.54, 1.807) is 23.8 Å². The number of methoxy groups -OCH3 is 1. The number of carbonyl (C=O) groups is 2. The number of aromatic nitrogens is 5. The van der Waals surface area contributed by atoms with Gasteiger partial charge < -0.3 is 10.1 Å². The molecule has 2 N–H and O–H groups in total. The highest BCUT2D eigenvalue weighted by molar-refractivity contribution is 7.99. The summed E-state index contributed by atoms with van der Waals surface area (Å²) < 4.78 is 6.92. The third-order valence-electron chi connectivity index (χ3n) is 4.84. The normalized spacial score (nSPS) is 10.8. The van der Waals surface area contributed by atoms with E-state index in [1.807, 2.05) is 43.3 Å². The zero-order chi connectivity index (χ0) is 25.5. The Labute approximate surface area is 220 Å². The fourth-order valence-electron chi connectivity index (χ4n) is 3.18. The molecule has 4 rings (SSSR count). The molecule has 0 bridgehead atoms. The zero-order valence-electron chi connectivity index (χ0n) is 19.4. The minimum Gasteiger partial charge on any atom is -0.497 e. The first kappa shape index (κ1) is 25.6. The van der Waals surface area contributed by atoms with Crippen LogP contribution in [-0.2, 0) is 22.6 Å². The van der Waals surface area contributed by atoms with Crippen molar-refractivity contribution in [3.8, 4) is 11.4 Å². The van der Waals surface area contributed by atoms with E-state index in [9.17, 15) is 9.59 Å². The van der Waals surface area contributed by atoms with Crippen molar-refractivity contribution in [2.75, 3.05) is 18.2 Å². The smallest absolute Gasteiger partial charge is 0.236 e. The van der Waals surface area contributed by atoms with Gasteiger partial charge in [0.2, 0.25) is 16.9 Å². The van der Waals surface area contributed by atoms with E-state index in [2.05, 4.69) is 31.0 Å². The van der Waals surface area contributed by atoms with Gasteiger partial charge in [-0.2, -0.15) is 0 Å². The number of amides is 2. The summed E-state index contributed by atoms with van der Waals surface area (Å²) in [5, 5.41) is 24.1. The lowest BCUT2D eigenvalue weighted by atomic mass is 10.1. The number of carbonyl (C=O) groups excluding carboxylic acids is 2. The molecular weight excluding hydrogens is 522 g/mol. The third-order valence-corrected chi connectivity index (χ3v) is 6.76. The number of aryl methyl sites for hydroxylation is 1. The van der Waals surface area contributed by atoms with E-state index in [0.717, 1.165) is 22.0 Å². The number of ether oxygens (including phenoxy) is 1. The van der Waals surface area contributed by atoms with Crippen molar-refractivity contribution in [2.45, 2.75) is 25.0 Å². The lowest BCUT2D eigenvalue weighted by Gasteiger charge is -2.11. The summed E-state index contributed by atoms with van der Waals surface area (Å²) in [7, 11) is 1.59. The standard InChI is InChI=1S/C23H22ClN7O3S2/c1-14-27-29-22(36-14)26-21(33)13-35-23-30-28-19(31(23)17-5-3-4-16(24)11-17)12-25-20(32)10-15-6-8-18(34-2)9-7-15/h3-9,11H,10,12-13H2,1-2H3,(H,25,32)(H,26,29,33). The van der Waals surface area contributed by atoms with E-state index in [4.69, 9.17) is 16.3 Å². The summed E-state index contributed by atoms with van der Waals surface area (Å²) >= 11 is 8.72. The molecule has 0 fully saturated rings. The molecule has 0 aliphatic carbocycles. The van der Waals surface area contributed by atoms with Crippen molar-refractivity contribution < 1.29 is 14.3 Å². The monoisotopic (exact) mass is 543 g/mol. The van der Waals surface area contributed by atoms with Crippen LogP contribution in [0.5, 0.6) is 5.75 Å². The number of anilines is 1. The summed E-state index contributed by atoms with van der Waals surface area (Å²) in [5.41, 5.74) is 1.58. The Hall–Kier alpha value is -3.48. The number of nitrogens with zero attached hydrogens (tertiary/aromatic N) is 5. The Bertz CT molecular complexity index is 1360. The van der Waals surface area contributed by atoms with Crippen LogP contribution in [0.2, 0.25) is 5.02 Å². The molecular formula is C23H22ClN7O3S2. The number of hydrogen-bond acceptors (Lipinski definition) is 9. The van der Waals surface area contributed by atoms with Crippen LogP contribution in [0.25, 0.3) is 5.69 Å². The maximum absolute atomic E-state index is 12.6. The van der Waals surface area contributed by atoms with Crippen LogP contribution >= 0.6 is 34.7 Å². The van der Waals surface area contributed by atoms with E-state index in [-0.39, 0.29) is 30.5 Å². The lowest BCUT2D eigenvalue weighted by Crippen LogP contribution is -2.26. The molecule has 0 aliphatic rings. The highest BCUT2D eigenvalue weighted by atomic mass is 35.5. The number of nitrogens with one attached hydrogen (secondary N) is 2. The van der Waals surface area contributed by atoms with Gasteiger partial charge in [-0.3, -0.25) is 19.5 Å². The number of halogens is 1. The SMILES string of the molecule is COc1ccc(CC(=O)NCc2nnc(SCC(=O)Nc3nnc(C)s3)n2-c2cccc(Cl)c2)cc1. The van der Waals surface area contributed by atoms with Gasteiger partial charge >= 0.3 is 0 Å². The van der Waals surface area contributed by atoms with Gasteiger partial charge in [0.25, 0.3) is 0 Å². The maximum atomic E-state index is 12.6. The summed E-state index contributed by atoms with van der Waals surface area (Å²) in [4.78, 5) is 24.9. The molecule has 0 saturated carbocycles. The Morgan fingerprint density at radius 2 is 1.89 bits per heavy atom. The molecule has 2 aromatic carbocycles. The van der Waals surface area contributed by atoms with Gasteiger partial charge in [0.1, 0.15) is 10.8 Å². The third kappa shape index (κ3) is 6.80. The van der Waals surface area contributed by atoms with Crippen molar-refractivity contribution in [1.29, 1.82) is 0 Å². The van der Waals surface area contributed by atoms with Gasteiger partial charge in [0.15, 0.2) is 11.0 Å². The number of hydrogen-bond donors (Lipinski definition) is 2. The van der Waals surface area contributed by atoms with Gasteiger partial charge in [-0.25, -0.2) is 0 Å². The van der Waals surface area contributed by atoms with Gasteiger partial charge in [0.05, 0.1) is 31.5 Å². The second-order valence-corrected chi connectivity index (χ2v) is 10.0. The molecule has 2 aromatic heterocycles. The molecule has 0 spiro atoms. The summed E-state index contributed by atoms with van der Waals surface area (Å²) in [6, 6.07) is 14.5. The zero-order valence-corrected chi connectivity index (χ0v) is 21.8. The first-order valence-corrected chi connectivity index (χ1v) is 12.9. The second kappa shape index (κ2) is 12.0. The molecule has 2 amide bonds. The molecule has 0 atom stereocenters. The molecule has 4 aromatic rings. The van der Waals surface area contributed by atoms with Gasteiger partial charge in [0, 0.05) is 5.02 Å². The fourth-order valence-corrected chi connectivity index (χ4v) is 4.75. The van der Waals surface area contributed by atoms with Gasteiger partial charge in [-0.05, 0) is 42.8 Å². The van der Waals surface area contributed by atoms with Crippen LogP contribution in [0, 0.1) is 6.92 Å².